The highest BCUT2D eigenvalue weighted by atomic mass is 16.5. The molecular weight excluding hydrogens is 524 g/mol. The van der Waals surface area contributed by atoms with E-state index < -0.39 is 35.3 Å². The molecule has 2 amide bonds. The van der Waals surface area contributed by atoms with Gasteiger partial charge in [-0.15, -0.1) is 0 Å². The van der Waals surface area contributed by atoms with Crippen LogP contribution in [0.15, 0.2) is 23.2 Å². The van der Waals surface area contributed by atoms with Crippen LogP contribution in [0.1, 0.15) is 93.1 Å². The van der Waals surface area contributed by atoms with Crippen molar-refractivity contribution in [3.63, 3.8) is 0 Å². The molecule has 3 N–H and O–H groups in total. The normalized spacial score (nSPS) is 23.7. The van der Waals surface area contributed by atoms with Crippen LogP contribution in [0.4, 0.5) is 0 Å². The first-order chi connectivity index (χ1) is 18.8. The molecule has 1 aromatic rings. The van der Waals surface area contributed by atoms with Gasteiger partial charge in [0.05, 0.1) is 6.10 Å². The highest BCUT2D eigenvalue weighted by Gasteiger charge is 2.49. The predicted octanol–water partition coefficient (Wildman–Crippen LogP) is 4.79. The molecule has 1 heterocycles. The van der Waals surface area contributed by atoms with Gasteiger partial charge in [-0.25, -0.2) is 9.79 Å². The van der Waals surface area contributed by atoms with E-state index in [1.165, 1.54) is 23.1 Å². The lowest BCUT2D eigenvalue weighted by Gasteiger charge is -2.40. The molecule has 3 rings (SSSR count). The minimum atomic E-state index is -1.56. The fraction of sp³-hybridized carbons (Fsp3) is 0.688. The third kappa shape index (κ3) is 7.29. The largest absolute Gasteiger partial charge is 0.504 e. The van der Waals surface area contributed by atoms with E-state index in [0.717, 1.165) is 19.3 Å². The highest BCUT2D eigenvalue weighted by Crippen LogP contribution is 2.57. The summed E-state index contributed by atoms with van der Waals surface area (Å²) in [5.74, 6) is -2.11. The summed E-state index contributed by atoms with van der Waals surface area (Å²) in [6.07, 6.45) is 2.08. The molecule has 0 bridgehead atoms. The molecule has 1 saturated carbocycles. The van der Waals surface area contributed by atoms with Gasteiger partial charge in [-0.2, -0.15) is 0 Å². The number of hydrogen-bond donors (Lipinski definition) is 3. The van der Waals surface area contributed by atoms with E-state index in [0.29, 0.717) is 30.9 Å². The fourth-order valence-electron chi connectivity index (χ4n) is 6.03. The first-order valence-electron chi connectivity index (χ1n) is 14.7. The van der Waals surface area contributed by atoms with E-state index in [-0.39, 0.29) is 40.6 Å². The molecule has 9 nitrogen and oxygen atoms in total. The number of benzene rings is 1. The van der Waals surface area contributed by atoms with E-state index in [4.69, 9.17) is 4.74 Å². The van der Waals surface area contributed by atoms with Crippen LogP contribution in [-0.2, 0) is 25.5 Å². The molecule has 2 fully saturated rings. The number of nitrogens with zero attached hydrogens (tertiary/aromatic N) is 2. The zero-order valence-corrected chi connectivity index (χ0v) is 25.9. The molecule has 1 aromatic carbocycles. The number of rotatable bonds is 8. The van der Waals surface area contributed by atoms with Crippen molar-refractivity contribution >= 4 is 23.5 Å². The van der Waals surface area contributed by atoms with E-state index >= 15 is 0 Å². The quantitative estimate of drug-likeness (QED) is 0.231. The summed E-state index contributed by atoms with van der Waals surface area (Å²) in [7, 11) is 0. The molecule has 4 atom stereocenters. The molecule has 2 aliphatic rings. The van der Waals surface area contributed by atoms with Crippen molar-refractivity contribution < 1.29 is 34.4 Å². The number of aromatic hydroxyl groups is 2. The molecule has 1 aliphatic carbocycles. The van der Waals surface area contributed by atoms with Crippen molar-refractivity contribution in [3.05, 3.63) is 23.8 Å². The molecule has 1 aliphatic heterocycles. The van der Waals surface area contributed by atoms with Crippen molar-refractivity contribution in [3.8, 4) is 11.5 Å². The van der Waals surface area contributed by atoms with Gasteiger partial charge in [-0.05, 0) is 73.5 Å². The van der Waals surface area contributed by atoms with Gasteiger partial charge in [-0.3, -0.25) is 9.59 Å². The topological polar surface area (TPSA) is 137 Å². The van der Waals surface area contributed by atoms with Crippen LogP contribution in [0, 0.1) is 22.2 Å². The van der Waals surface area contributed by atoms with Gasteiger partial charge in [0.25, 0.3) is 11.8 Å². The number of aliphatic imine (C=N–C) groups is 1. The number of aliphatic hydroxyl groups is 1. The van der Waals surface area contributed by atoms with Crippen molar-refractivity contribution in [2.75, 3.05) is 6.54 Å². The molecule has 1 saturated heterocycles. The summed E-state index contributed by atoms with van der Waals surface area (Å²) in [6, 6.07) is 3.23. The second-order valence-electron chi connectivity index (χ2n) is 14.1. The summed E-state index contributed by atoms with van der Waals surface area (Å²) in [5.41, 5.74) is -0.121. The van der Waals surface area contributed by atoms with Crippen LogP contribution in [0.25, 0.3) is 0 Å². The van der Waals surface area contributed by atoms with Gasteiger partial charge in [-0.1, -0.05) is 54.5 Å². The Morgan fingerprint density at radius 3 is 2.32 bits per heavy atom. The monoisotopic (exact) mass is 572 g/mol. The summed E-state index contributed by atoms with van der Waals surface area (Å²) >= 11 is 0. The van der Waals surface area contributed by atoms with Gasteiger partial charge in [0.2, 0.25) is 0 Å². The number of hydrogen-bond acceptors (Lipinski definition) is 7. The Hall–Kier alpha value is -2.94. The van der Waals surface area contributed by atoms with Gasteiger partial charge in [0.15, 0.2) is 11.5 Å². The minimum absolute atomic E-state index is 0.0437. The second-order valence-corrected chi connectivity index (χ2v) is 14.1. The summed E-state index contributed by atoms with van der Waals surface area (Å²) in [5, 5.41) is 29.7. The van der Waals surface area contributed by atoms with Gasteiger partial charge in [0.1, 0.15) is 17.9 Å². The smallest absolute Gasteiger partial charge is 0.329 e. The van der Waals surface area contributed by atoms with Crippen LogP contribution in [-0.4, -0.2) is 68.5 Å². The maximum Gasteiger partial charge on any atom is 0.329 e. The molecular formula is C32H48N2O7. The molecule has 228 valence electrons. The van der Waals surface area contributed by atoms with Crippen molar-refractivity contribution in [2.24, 2.45) is 27.2 Å². The lowest BCUT2D eigenvalue weighted by atomic mass is 9.66. The number of esters is 1. The molecule has 0 aromatic heterocycles. The van der Waals surface area contributed by atoms with Crippen LogP contribution in [0.5, 0.6) is 11.5 Å². The Bertz CT molecular complexity index is 1180. The van der Waals surface area contributed by atoms with Crippen LogP contribution in [0.2, 0.25) is 0 Å². The summed E-state index contributed by atoms with van der Waals surface area (Å²) in [6.45, 7) is 16.7. The fourth-order valence-corrected chi connectivity index (χ4v) is 6.03. The number of ether oxygens (including phenoxy) is 1. The Balaban J connectivity index is 1.71. The maximum atomic E-state index is 13.7. The molecule has 4 unspecified atom stereocenters. The number of likely N-dealkylation sites (tertiary alicyclic amines) is 1. The van der Waals surface area contributed by atoms with Crippen molar-refractivity contribution in [2.45, 2.75) is 112 Å². The maximum absolute atomic E-state index is 13.7. The zero-order chi connectivity index (χ0) is 30.9. The minimum Gasteiger partial charge on any atom is -0.504 e. The van der Waals surface area contributed by atoms with E-state index in [1.54, 1.807) is 20.8 Å². The van der Waals surface area contributed by atoms with Crippen LogP contribution in [0.3, 0.4) is 0 Å². The Morgan fingerprint density at radius 1 is 1.10 bits per heavy atom. The number of aliphatic hydroxyl groups excluding tert-OH is 1. The third-order valence-corrected chi connectivity index (χ3v) is 9.49. The first kappa shape index (κ1) is 32.6. The summed E-state index contributed by atoms with van der Waals surface area (Å²) in [4.78, 5) is 45.4. The van der Waals surface area contributed by atoms with E-state index in [1.807, 2.05) is 6.92 Å². The lowest BCUT2D eigenvalue weighted by Crippen LogP contribution is -2.48. The van der Waals surface area contributed by atoms with Gasteiger partial charge < -0.3 is 25.0 Å². The van der Waals surface area contributed by atoms with Gasteiger partial charge in [0, 0.05) is 18.4 Å². The average molecular weight is 573 g/mol. The standard InChI is InChI=1S/C32H48N2O7/c1-19(16-21-13-14-31(5,6)32(21,7)8)41-29(40)22-10-9-15-34(22)28(39)26(30(2,3)4)33-27(38)25(37)18-20-11-12-23(35)24(36)17-20/h11-12,17,19,21-22,25,35-37H,9-10,13-16,18H2,1-8H3/b33-26-. The van der Waals surface area contributed by atoms with Crippen LogP contribution < -0.4 is 0 Å². The molecule has 0 radical (unpaired) electrons. The van der Waals surface area contributed by atoms with Gasteiger partial charge >= 0.3 is 5.97 Å². The Kier molecular flexibility index (Phi) is 9.63. The number of phenolic OH excluding ortho intramolecular Hbond substituents is 2. The van der Waals surface area contributed by atoms with Crippen molar-refractivity contribution in [1.82, 2.24) is 4.90 Å². The van der Waals surface area contributed by atoms with E-state index in [9.17, 15) is 29.7 Å². The Morgan fingerprint density at radius 2 is 1.76 bits per heavy atom. The molecule has 0 spiro atoms. The zero-order valence-electron chi connectivity index (χ0n) is 25.9. The van der Waals surface area contributed by atoms with Crippen molar-refractivity contribution in [1.29, 1.82) is 0 Å². The number of phenols is 2. The van der Waals surface area contributed by atoms with Crippen LogP contribution >= 0.6 is 0 Å². The first-order valence-corrected chi connectivity index (χ1v) is 14.7. The molecule has 41 heavy (non-hydrogen) atoms. The third-order valence-electron chi connectivity index (χ3n) is 9.49. The second kappa shape index (κ2) is 12.1. The summed E-state index contributed by atoms with van der Waals surface area (Å²) < 4.78 is 5.89. The lowest BCUT2D eigenvalue weighted by molar-refractivity contribution is -0.157. The predicted molar refractivity (Wildman–Crippen MR) is 157 cm³/mol. The number of amides is 2. The molecule has 9 heteroatoms. The number of carbonyl (C=O) groups is 3. The Labute approximate surface area is 244 Å². The average Bonchev–Trinajstić information content (AvgIpc) is 3.42. The van der Waals surface area contributed by atoms with E-state index in [2.05, 4.69) is 32.7 Å². The number of carbonyl (C=O) groups excluding carboxylic acids is 3. The highest BCUT2D eigenvalue weighted by molar-refractivity contribution is 6.42. The SMILES string of the molecule is CC(CC1CCC(C)(C)C1(C)C)OC(=O)C1CCCN1C(=O)/C(=N/C(=O)C(O)Cc1ccc(O)c(O)c1)C(C)(C)C.